The van der Waals surface area contributed by atoms with Crippen LogP contribution in [0.15, 0.2) is 36.9 Å². The largest absolute Gasteiger partial charge is 0.356 e. The third kappa shape index (κ3) is 2.10. The second kappa shape index (κ2) is 4.12. The van der Waals surface area contributed by atoms with Crippen LogP contribution in [0.5, 0.6) is 0 Å². The van der Waals surface area contributed by atoms with E-state index in [1.807, 2.05) is 16.8 Å². The van der Waals surface area contributed by atoms with Crippen LogP contribution in [-0.4, -0.2) is 27.6 Å². The molecule has 0 spiro atoms. The summed E-state index contributed by atoms with van der Waals surface area (Å²) in [5.74, 6) is 1.99. The number of hydrogen-bond acceptors (Lipinski definition) is 3. The fraction of sp³-hybridized carbons (Fsp3) is 0.429. The summed E-state index contributed by atoms with van der Waals surface area (Å²) < 4.78 is 1.94. The Balaban J connectivity index is 1.88. The topological polar surface area (TPSA) is 34.0 Å². The minimum Gasteiger partial charge on any atom is -0.356 e. The second-order valence-electron chi connectivity index (χ2n) is 5.66. The van der Waals surface area contributed by atoms with E-state index in [4.69, 9.17) is 4.98 Å². The molecule has 1 saturated heterocycles. The van der Waals surface area contributed by atoms with Crippen molar-refractivity contribution in [2.75, 3.05) is 18.0 Å². The molecule has 3 heterocycles. The Kier molecular flexibility index (Phi) is 2.58. The minimum absolute atomic E-state index is 0.396. The predicted molar refractivity (Wildman–Crippen MR) is 72.0 cm³/mol. The van der Waals surface area contributed by atoms with Gasteiger partial charge in [-0.15, -0.1) is 0 Å². The number of nitrogens with zero attached hydrogens (tertiary/aromatic N) is 4. The van der Waals surface area contributed by atoms with Gasteiger partial charge in [-0.25, -0.2) is 9.97 Å². The molecule has 0 aromatic carbocycles. The molecule has 0 N–H and O–H groups in total. The highest BCUT2D eigenvalue weighted by Crippen LogP contribution is 2.31. The maximum Gasteiger partial charge on any atom is 0.140 e. The Hall–Kier alpha value is -1.84. The van der Waals surface area contributed by atoms with Crippen LogP contribution < -0.4 is 4.90 Å². The van der Waals surface area contributed by atoms with Gasteiger partial charge in [0.2, 0.25) is 0 Å². The van der Waals surface area contributed by atoms with Gasteiger partial charge in [0.1, 0.15) is 18.0 Å². The smallest absolute Gasteiger partial charge is 0.140 e. The highest BCUT2D eigenvalue weighted by molar-refractivity contribution is 5.44. The number of anilines is 1. The van der Waals surface area contributed by atoms with E-state index in [2.05, 4.69) is 35.9 Å². The van der Waals surface area contributed by atoms with Gasteiger partial charge in [-0.3, -0.25) is 4.57 Å². The SMILES string of the molecule is CC1(C)CCN(c2cccc(-n3ccnc3)n2)C1. The van der Waals surface area contributed by atoms with Crippen LogP contribution in [0.25, 0.3) is 5.82 Å². The van der Waals surface area contributed by atoms with E-state index in [-0.39, 0.29) is 0 Å². The molecule has 18 heavy (non-hydrogen) atoms. The van der Waals surface area contributed by atoms with Crippen molar-refractivity contribution in [3.8, 4) is 5.82 Å². The van der Waals surface area contributed by atoms with Crippen molar-refractivity contribution in [2.45, 2.75) is 20.3 Å². The average molecular weight is 242 g/mol. The van der Waals surface area contributed by atoms with Crippen LogP contribution in [0, 0.1) is 5.41 Å². The second-order valence-corrected chi connectivity index (χ2v) is 5.66. The standard InChI is InChI=1S/C14H18N4/c1-14(2)6-8-17(10-14)12-4-3-5-13(16-12)18-9-7-15-11-18/h3-5,7,9,11H,6,8,10H2,1-2H3. The summed E-state index contributed by atoms with van der Waals surface area (Å²) in [4.78, 5) is 11.1. The zero-order chi connectivity index (χ0) is 12.6. The molecule has 1 fully saturated rings. The van der Waals surface area contributed by atoms with Crippen LogP contribution in [0.2, 0.25) is 0 Å². The molecule has 0 amide bonds. The monoisotopic (exact) mass is 242 g/mol. The molecule has 0 aliphatic carbocycles. The molecule has 0 bridgehead atoms. The molecular weight excluding hydrogens is 224 g/mol. The molecule has 2 aromatic rings. The molecule has 0 unspecified atom stereocenters. The summed E-state index contributed by atoms with van der Waals surface area (Å²) in [5.41, 5.74) is 0.396. The first-order valence-electron chi connectivity index (χ1n) is 6.34. The number of pyridine rings is 1. The fourth-order valence-corrected chi connectivity index (χ4v) is 2.43. The van der Waals surface area contributed by atoms with E-state index in [0.29, 0.717) is 5.41 Å². The van der Waals surface area contributed by atoms with E-state index in [1.165, 1.54) is 6.42 Å². The molecule has 1 aliphatic heterocycles. The fourth-order valence-electron chi connectivity index (χ4n) is 2.43. The number of aromatic nitrogens is 3. The number of rotatable bonds is 2. The van der Waals surface area contributed by atoms with E-state index >= 15 is 0 Å². The zero-order valence-corrected chi connectivity index (χ0v) is 10.9. The molecule has 0 atom stereocenters. The van der Waals surface area contributed by atoms with Gasteiger partial charge >= 0.3 is 0 Å². The van der Waals surface area contributed by atoms with E-state index < -0.39 is 0 Å². The molecule has 2 aromatic heterocycles. The highest BCUT2D eigenvalue weighted by atomic mass is 15.2. The predicted octanol–water partition coefficient (Wildman–Crippen LogP) is 2.50. The van der Waals surface area contributed by atoms with Crippen LogP contribution in [0.4, 0.5) is 5.82 Å². The molecule has 94 valence electrons. The molecular formula is C14H18N4. The first-order chi connectivity index (χ1) is 8.64. The lowest BCUT2D eigenvalue weighted by molar-refractivity contribution is 0.418. The van der Waals surface area contributed by atoms with Gasteiger partial charge in [-0.2, -0.15) is 0 Å². The first kappa shape index (κ1) is 11.3. The van der Waals surface area contributed by atoms with E-state index in [0.717, 1.165) is 24.7 Å². The summed E-state index contributed by atoms with van der Waals surface area (Å²) in [7, 11) is 0. The third-order valence-corrected chi connectivity index (χ3v) is 3.49. The minimum atomic E-state index is 0.396. The Morgan fingerprint density at radius 1 is 1.22 bits per heavy atom. The van der Waals surface area contributed by atoms with Gasteiger partial charge < -0.3 is 4.90 Å². The molecule has 0 radical (unpaired) electrons. The van der Waals surface area contributed by atoms with Crippen molar-refractivity contribution < 1.29 is 0 Å². The average Bonchev–Trinajstić information content (AvgIpc) is 2.98. The summed E-state index contributed by atoms with van der Waals surface area (Å²) in [5, 5.41) is 0. The van der Waals surface area contributed by atoms with E-state index in [9.17, 15) is 0 Å². The third-order valence-electron chi connectivity index (χ3n) is 3.49. The highest BCUT2D eigenvalue weighted by Gasteiger charge is 2.29. The Morgan fingerprint density at radius 3 is 2.72 bits per heavy atom. The van der Waals surface area contributed by atoms with Crippen molar-refractivity contribution in [3.05, 3.63) is 36.9 Å². The molecule has 4 nitrogen and oxygen atoms in total. The molecule has 4 heteroatoms. The zero-order valence-electron chi connectivity index (χ0n) is 10.9. The van der Waals surface area contributed by atoms with Gasteiger partial charge in [-0.05, 0) is 24.0 Å². The van der Waals surface area contributed by atoms with Gasteiger partial charge in [0.15, 0.2) is 0 Å². The number of hydrogen-bond donors (Lipinski definition) is 0. The van der Waals surface area contributed by atoms with E-state index in [1.54, 1.807) is 12.5 Å². The quantitative estimate of drug-likeness (QED) is 0.811. The maximum atomic E-state index is 4.71. The van der Waals surface area contributed by atoms with Crippen molar-refractivity contribution in [1.82, 2.24) is 14.5 Å². The first-order valence-corrected chi connectivity index (χ1v) is 6.34. The molecule has 0 saturated carbocycles. The Labute approximate surface area is 107 Å². The van der Waals surface area contributed by atoms with Gasteiger partial charge in [-0.1, -0.05) is 19.9 Å². The molecule has 1 aliphatic rings. The van der Waals surface area contributed by atoms with Crippen molar-refractivity contribution in [3.63, 3.8) is 0 Å². The summed E-state index contributed by atoms with van der Waals surface area (Å²) >= 11 is 0. The summed E-state index contributed by atoms with van der Waals surface area (Å²) in [6.45, 7) is 6.79. The van der Waals surface area contributed by atoms with Gasteiger partial charge in [0, 0.05) is 25.5 Å². The normalized spacial score (nSPS) is 18.2. The van der Waals surface area contributed by atoms with Crippen LogP contribution in [0.3, 0.4) is 0 Å². The summed E-state index contributed by atoms with van der Waals surface area (Å²) in [6.07, 6.45) is 6.69. The van der Waals surface area contributed by atoms with Crippen LogP contribution in [0.1, 0.15) is 20.3 Å². The van der Waals surface area contributed by atoms with Crippen LogP contribution in [-0.2, 0) is 0 Å². The van der Waals surface area contributed by atoms with Crippen molar-refractivity contribution in [1.29, 1.82) is 0 Å². The van der Waals surface area contributed by atoms with Gasteiger partial charge in [0.05, 0.1) is 0 Å². The van der Waals surface area contributed by atoms with Crippen LogP contribution >= 0.6 is 0 Å². The Bertz CT molecular complexity index is 530. The summed E-state index contributed by atoms with van der Waals surface area (Å²) in [6, 6.07) is 6.15. The lowest BCUT2D eigenvalue weighted by atomic mass is 9.93. The lowest BCUT2D eigenvalue weighted by Crippen LogP contribution is -2.23. The van der Waals surface area contributed by atoms with Crippen molar-refractivity contribution >= 4 is 5.82 Å². The lowest BCUT2D eigenvalue weighted by Gasteiger charge is -2.21. The maximum absolute atomic E-state index is 4.71. The molecule has 3 rings (SSSR count). The van der Waals surface area contributed by atoms with Gasteiger partial charge in [0.25, 0.3) is 0 Å². The Morgan fingerprint density at radius 2 is 2.06 bits per heavy atom. The number of imidazole rings is 1. The van der Waals surface area contributed by atoms with Crippen molar-refractivity contribution in [2.24, 2.45) is 5.41 Å².